The molecule has 0 aliphatic heterocycles. The van der Waals surface area contributed by atoms with Crippen LogP contribution in [0.2, 0.25) is 5.02 Å². The van der Waals surface area contributed by atoms with Crippen LogP contribution in [-0.2, 0) is 11.3 Å². The molecule has 0 atom stereocenters. The summed E-state index contributed by atoms with van der Waals surface area (Å²) in [5.74, 6) is -0.317. The molecule has 0 saturated heterocycles. The zero-order chi connectivity index (χ0) is 20.2. The number of esters is 1. The number of benzene rings is 2. The van der Waals surface area contributed by atoms with E-state index in [4.69, 9.17) is 20.9 Å². The highest BCUT2D eigenvalue weighted by atomic mass is 35.5. The lowest BCUT2D eigenvalue weighted by Crippen LogP contribution is -2.12. The van der Waals surface area contributed by atoms with Gasteiger partial charge in [0.15, 0.2) is 0 Å². The largest absolute Gasteiger partial charge is 0.460 e. The number of halogens is 1. The number of fused-ring (bicyclic) bond motifs is 1. The van der Waals surface area contributed by atoms with E-state index in [0.717, 1.165) is 5.56 Å². The topological polar surface area (TPSA) is 90.1 Å². The Morgan fingerprint density at radius 2 is 1.86 bits per heavy atom. The number of rotatable bonds is 6. The molecule has 2 aromatic carbocycles. The smallest absolute Gasteiger partial charge is 0.376 e. The number of aromatic nitrogens is 3. The van der Waals surface area contributed by atoms with Gasteiger partial charge in [0.2, 0.25) is 5.82 Å². The van der Waals surface area contributed by atoms with Crippen molar-refractivity contribution in [3.8, 4) is 11.3 Å². The van der Waals surface area contributed by atoms with E-state index < -0.39 is 5.97 Å². The second-order valence-electron chi connectivity index (χ2n) is 6.15. The highest BCUT2D eigenvalue weighted by molar-refractivity contribution is 6.33. The van der Waals surface area contributed by atoms with Crippen LogP contribution in [0.25, 0.3) is 22.4 Å². The van der Waals surface area contributed by atoms with Gasteiger partial charge in [-0.15, -0.1) is 0 Å². The summed E-state index contributed by atoms with van der Waals surface area (Å²) in [7, 11) is 0. The number of carbonyl (C=O) groups is 1. The van der Waals surface area contributed by atoms with Crippen molar-refractivity contribution in [2.75, 3.05) is 11.9 Å². The van der Waals surface area contributed by atoms with Gasteiger partial charge in [-0.1, -0.05) is 65.3 Å². The van der Waals surface area contributed by atoms with Crippen molar-refractivity contribution in [3.63, 3.8) is 0 Å². The summed E-state index contributed by atoms with van der Waals surface area (Å²) in [5.41, 5.74) is 2.40. The summed E-state index contributed by atoms with van der Waals surface area (Å²) in [6.45, 7) is 2.42. The molecule has 0 spiro atoms. The van der Waals surface area contributed by atoms with Crippen LogP contribution in [-0.4, -0.2) is 27.7 Å². The first-order valence-electron chi connectivity index (χ1n) is 9.04. The summed E-state index contributed by atoms with van der Waals surface area (Å²) in [6.07, 6.45) is 0. The van der Waals surface area contributed by atoms with E-state index >= 15 is 0 Å². The molecular weight excluding hydrogens is 392 g/mol. The maximum atomic E-state index is 12.2. The van der Waals surface area contributed by atoms with Crippen molar-refractivity contribution in [1.82, 2.24) is 15.1 Å². The van der Waals surface area contributed by atoms with E-state index in [0.29, 0.717) is 34.0 Å². The molecule has 2 aromatic heterocycles. The molecule has 29 heavy (non-hydrogen) atoms. The fourth-order valence-electron chi connectivity index (χ4n) is 2.89. The van der Waals surface area contributed by atoms with Crippen LogP contribution in [0.5, 0.6) is 0 Å². The number of nitrogens with one attached hydrogen (secondary N) is 1. The van der Waals surface area contributed by atoms with Gasteiger partial charge in [-0.05, 0) is 18.6 Å². The summed E-state index contributed by atoms with van der Waals surface area (Å²) >= 11 is 6.35. The fraction of sp³-hybridized carbons (Fsp3) is 0.143. The third-order valence-electron chi connectivity index (χ3n) is 4.23. The Balaban J connectivity index is 1.83. The molecule has 0 amide bonds. The van der Waals surface area contributed by atoms with Crippen LogP contribution in [0, 0.1) is 0 Å². The number of hydrogen-bond acceptors (Lipinski definition) is 7. The van der Waals surface area contributed by atoms with E-state index in [2.05, 4.69) is 20.4 Å². The third-order valence-corrected chi connectivity index (χ3v) is 4.56. The van der Waals surface area contributed by atoms with Crippen molar-refractivity contribution < 1.29 is 14.1 Å². The average molecular weight is 409 g/mol. The second kappa shape index (κ2) is 8.28. The number of carbonyl (C=O) groups excluding carboxylic acids is 1. The quantitative estimate of drug-likeness (QED) is 0.461. The molecule has 1 N–H and O–H groups in total. The van der Waals surface area contributed by atoms with Gasteiger partial charge in [-0.2, -0.15) is 4.98 Å². The number of nitrogens with zero attached hydrogens (tertiary/aromatic N) is 3. The van der Waals surface area contributed by atoms with E-state index in [1.165, 1.54) is 0 Å². The number of anilines is 1. The number of hydrogen-bond donors (Lipinski definition) is 1. The van der Waals surface area contributed by atoms with Crippen LogP contribution < -0.4 is 5.32 Å². The predicted molar refractivity (Wildman–Crippen MR) is 110 cm³/mol. The van der Waals surface area contributed by atoms with Gasteiger partial charge < -0.3 is 14.6 Å². The van der Waals surface area contributed by atoms with Gasteiger partial charge in [0.1, 0.15) is 16.9 Å². The zero-order valence-corrected chi connectivity index (χ0v) is 16.3. The first-order valence-corrected chi connectivity index (χ1v) is 9.42. The van der Waals surface area contributed by atoms with Crippen molar-refractivity contribution in [2.24, 2.45) is 0 Å². The maximum Gasteiger partial charge on any atom is 0.376 e. The molecule has 0 bridgehead atoms. The van der Waals surface area contributed by atoms with E-state index in [-0.39, 0.29) is 18.1 Å². The first-order chi connectivity index (χ1) is 14.2. The molecule has 146 valence electrons. The molecule has 0 unspecified atom stereocenters. The van der Waals surface area contributed by atoms with E-state index in [1.807, 2.05) is 48.5 Å². The molecule has 4 aromatic rings. The molecule has 7 nitrogen and oxygen atoms in total. The van der Waals surface area contributed by atoms with Crippen LogP contribution in [0.1, 0.15) is 23.1 Å². The van der Waals surface area contributed by atoms with Crippen molar-refractivity contribution in [2.45, 2.75) is 13.5 Å². The van der Waals surface area contributed by atoms with Crippen molar-refractivity contribution in [1.29, 1.82) is 0 Å². The van der Waals surface area contributed by atoms with Crippen molar-refractivity contribution >= 4 is 34.5 Å². The van der Waals surface area contributed by atoms with Crippen LogP contribution in [0.3, 0.4) is 0 Å². The molecule has 0 saturated carbocycles. The fourth-order valence-corrected chi connectivity index (χ4v) is 3.11. The van der Waals surface area contributed by atoms with E-state index in [1.54, 1.807) is 13.0 Å². The summed E-state index contributed by atoms with van der Waals surface area (Å²) in [5, 5.41) is 8.45. The molecular formula is C21H17ClN4O3. The average Bonchev–Trinajstić information content (AvgIpc) is 3.17. The third kappa shape index (κ3) is 3.90. The zero-order valence-electron chi connectivity index (χ0n) is 15.6. The van der Waals surface area contributed by atoms with Gasteiger partial charge in [0.05, 0.1) is 11.6 Å². The first kappa shape index (κ1) is 18.9. The van der Waals surface area contributed by atoms with Gasteiger partial charge in [-0.25, -0.2) is 9.78 Å². The van der Waals surface area contributed by atoms with Crippen LogP contribution in [0.15, 0.2) is 59.1 Å². The molecule has 4 rings (SSSR count). The Kier molecular flexibility index (Phi) is 5.39. The molecule has 8 heteroatoms. The van der Waals surface area contributed by atoms with Gasteiger partial charge in [0.25, 0.3) is 5.71 Å². The Morgan fingerprint density at radius 3 is 2.62 bits per heavy atom. The van der Waals surface area contributed by atoms with Gasteiger partial charge >= 0.3 is 5.97 Å². The Bertz CT molecular complexity index is 1160. The normalized spacial score (nSPS) is 10.8. The Morgan fingerprint density at radius 1 is 1.10 bits per heavy atom. The lowest BCUT2D eigenvalue weighted by atomic mass is 10.1. The molecule has 0 radical (unpaired) electrons. The minimum atomic E-state index is -0.632. The highest BCUT2D eigenvalue weighted by Crippen LogP contribution is 2.35. The van der Waals surface area contributed by atoms with Crippen LogP contribution >= 0.6 is 11.6 Å². The van der Waals surface area contributed by atoms with E-state index in [9.17, 15) is 4.79 Å². The van der Waals surface area contributed by atoms with Gasteiger partial charge in [0, 0.05) is 12.1 Å². The highest BCUT2D eigenvalue weighted by Gasteiger charge is 2.23. The molecule has 2 heterocycles. The standard InChI is InChI=1S/C21H17ClN4O3/c1-2-28-21(27)19-24-18(23-12-13-8-4-3-5-9-13)16-17(26-29-20(16)25-19)14-10-6-7-11-15(14)22/h3-11H,2,12H2,1H3,(H,23,24,25). The SMILES string of the molecule is CCOC(=O)c1nc(NCc2ccccc2)c2c(-c3ccccc3Cl)noc2n1. The minimum Gasteiger partial charge on any atom is -0.460 e. The minimum absolute atomic E-state index is 0.100. The Hall–Kier alpha value is -3.45. The lowest BCUT2D eigenvalue weighted by molar-refractivity contribution is 0.0512. The summed E-state index contributed by atoms with van der Waals surface area (Å²) in [6, 6.07) is 17.1. The second-order valence-corrected chi connectivity index (χ2v) is 6.55. The summed E-state index contributed by atoms with van der Waals surface area (Å²) in [4.78, 5) is 20.8. The molecule has 0 aliphatic rings. The van der Waals surface area contributed by atoms with Crippen LogP contribution in [0.4, 0.5) is 5.82 Å². The maximum absolute atomic E-state index is 12.2. The predicted octanol–water partition coefficient (Wildman–Crippen LogP) is 4.73. The summed E-state index contributed by atoms with van der Waals surface area (Å²) < 4.78 is 10.4. The van der Waals surface area contributed by atoms with Gasteiger partial charge in [-0.3, -0.25) is 0 Å². The Labute approximate surface area is 171 Å². The monoisotopic (exact) mass is 408 g/mol. The lowest BCUT2D eigenvalue weighted by Gasteiger charge is -2.09. The number of ether oxygens (including phenoxy) is 1. The van der Waals surface area contributed by atoms with Crippen molar-refractivity contribution in [3.05, 3.63) is 71.0 Å². The molecule has 0 fully saturated rings. The molecule has 0 aliphatic carbocycles.